The number of hydrogen-bond donors (Lipinski definition) is 1. The fourth-order valence-electron chi connectivity index (χ4n) is 2.82. The Morgan fingerprint density at radius 3 is 2.19 bits per heavy atom. The molecule has 0 aliphatic heterocycles. The van der Waals surface area contributed by atoms with Gasteiger partial charge in [-0.3, -0.25) is 4.79 Å². The molecule has 2 rings (SSSR count). The first-order valence-corrected chi connectivity index (χ1v) is 9.17. The third kappa shape index (κ3) is 5.78. The van der Waals surface area contributed by atoms with Crippen molar-refractivity contribution in [3.05, 3.63) is 74.3 Å². The molecule has 0 aliphatic rings. The molecule has 2 aromatic rings. The smallest absolute Gasteiger partial charge is 0.392 e. The Hall–Kier alpha value is -2.10. The molecule has 0 aromatic heterocycles. The number of ketones is 1. The zero-order valence-electron chi connectivity index (χ0n) is 15.5. The number of hydrogen-bond acceptors (Lipinski definition) is 2. The lowest BCUT2D eigenvalue weighted by atomic mass is 9.94. The molecule has 0 radical (unpaired) electrons. The van der Waals surface area contributed by atoms with Gasteiger partial charge >= 0.3 is 12.4 Å². The van der Waals surface area contributed by atoms with Crippen LogP contribution >= 0.6 is 23.2 Å². The quantitative estimate of drug-likeness (QED) is 0.352. The Morgan fingerprint density at radius 1 is 1.10 bits per heavy atom. The predicted octanol–water partition coefficient (Wildman–Crippen LogP) is 7.36. The van der Waals surface area contributed by atoms with Gasteiger partial charge in [0.1, 0.15) is 11.7 Å². The maximum Gasteiger partial charge on any atom is 0.417 e. The van der Waals surface area contributed by atoms with Crippen molar-refractivity contribution in [1.29, 1.82) is 0 Å². The van der Waals surface area contributed by atoms with Gasteiger partial charge in [-0.1, -0.05) is 41.4 Å². The summed E-state index contributed by atoms with van der Waals surface area (Å²) in [5, 5.41) is 8.73. The maximum absolute atomic E-state index is 14.7. The van der Waals surface area contributed by atoms with Crippen LogP contribution in [0.2, 0.25) is 10.0 Å². The van der Waals surface area contributed by atoms with E-state index in [1.165, 1.54) is 0 Å². The van der Waals surface area contributed by atoms with E-state index in [0.717, 1.165) is 25.1 Å². The summed E-state index contributed by atoms with van der Waals surface area (Å²) in [4.78, 5) is 11.4. The largest absolute Gasteiger partial charge is 0.417 e. The van der Waals surface area contributed by atoms with Gasteiger partial charge in [0.15, 0.2) is 5.78 Å². The molecule has 168 valence electrons. The number of aliphatic hydroxyl groups is 1. The highest BCUT2D eigenvalue weighted by atomic mass is 35.5. The number of rotatable bonds is 5. The van der Waals surface area contributed by atoms with Crippen molar-refractivity contribution in [3.8, 4) is 0 Å². The van der Waals surface area contributed by atoms with Crippen LogP contribution in [-0.4, -0.2) is 17.1 Å². The average molecular weight is 489 g/mol. The van der Waals surface area contributed by atoms with E-state index in [9.17, 15) is 40.6 Å². The van der Waals surface area contributed by atoms with Crippen molar-refractivity contribution in [2.75, 3.05) is 0 Å². The number of carbonyl (C=O) groups excluding carboxylic acids is 1. The van der Waals surface area contributed by atoms with Crippen LogP contribution in [0.5, 0.6) is 0 Å². The second-order valence-electron chi connectivity index (χ2n) is 6.48. The van der Waals surface area contributed by atoms with E-state index in [0.29, 0.717) is 6.07 Å². The zero-order chi connectivity index (χ0) is 23.7. The molecule has 0 amide bonds. The van der Waals surface area contributed by atoms with Gasteiger partial charge < -0.3 is 5.11 Å². The normalized spacial score (nSPS) is 14.0. The van der Waals surface area contributed by atoms with Crippen LogP contribution in [-0.2, 0) is 12.8 Å². The first-order chi connectivity index (χ1) is 14.2. The van der Waals surface area contributed by atoms with Gasteiger partial charge in [0.25, 0.3) is 0 Å². The Labute approximate surface area is 181 Å². The average Bonchev–Trinajstić information content (AvgIpc) is 2.65. The Kier molecular flexibility index (Phi) is 7.45. The van der Waals surface area contributed by atoms with E-state index in [2.05, 4.69) is 0 Å². The summed E-state index contributed by atoms with van der Waals surface area (Å²) < 4.78 is 95.1. The highest BCUT2D eigenvalue weighted by Crippen LogP contribution is 2.42. The lowest BCUT2D eigenvalue weighted by molar-refractivity contribution is -0.140. The van der Waals surface area contributed by atoms with E-state index in [1.807, 2.05) is 0 Å². The second kappa shape index (κ2) is 9.18. The van der Waals surface area contributed by atoms with Crippen LogP contribution in [0.15, 0.2) is 36.4 Å². The fraction of sp³-hybridized carbons (Fsp3) is 0.250. The summed E-state index contributed by atoms with van der Waals surface area (Å²) in [6.45, 7) is 0.129. The first kappa shape index (κ1) is 25.2. The van der Waals surface area contributed by atoms with E-state index < -0.39 is 58.7 Å². The minimum absolute atomic E-state index is 0.0870. The Bertz CT molecular complexity index is 1030. The third-order valence-corrected chi connectivity index (χ3v) is 5.14. The van der Waals surface area contributed by atoms with Crippen molar-refractivity contribution < 1.29 is 40.6 Å². The van der Waals surface area contributed by atoms with Crippen molar-refractivity contribution in [1.82, 2.24) is 0 Å². The topological polar surface area (TPSA) is 37.3 Å². The molecule has 2 aromatic carbocycles. The molecule has 0 aliphatic carbocycles. The summed E-state index contributed by atoms with van der Waals surface area (Å²) in [7, 11) is 0. The fourth-order valence-corrected chi connectivity index (χ4v) is 3.24. The van der Waals surface area contributed by atoms with Gasteiger partial charge in [0.05, 0.1) is 22.2 Å². The molecule has 0 saturated carbocycles. The molecule has 11 heteroatoms. The van der Waals surface area contributed by atoms with Gasteiger partial charge in [-0.25, -0.2) is 4.39 Å². The van der Waals surface area contributed by atoms with Gasteiger partial charge in [-0.05, 0) is 36.3 Å². The van der Waals surface area contributed by atoms with Gasteiger partial charge in [0, 0.05) is 11.1 Å². The number of Topliss-reactive ketones (excluding diaryl/α,β-unsaturated/α-hetero) is 1. The van der Waals surface area contributed by atoms with Crippen LogP contribution < -0.4 is 0 Å². The first-order valence-electron chi connectivity index (χ1n) is 8.42. The molecule has 1 unspecified atom stereocenters. The molecule has 1 atom stereocenters. The Morgan fingerprint density at radius 2 is 1.71 bits per heavy atom. The molecular weight excluding hydrogens is 476 g/mol. The standard InChI is InChI=1S/C20H13Cl2F7O2/c1-9(31)13-3-2-10(5-15(13)20(27,28)29)17(23)7-14(19(24,25)26)11-4-12(8-30)18(22)16(21)6-11/h2-7,14,30H,8H2,1H3/b17-7-. The molecule has 31 heavy (non-hydrogen) atoms. The minimum Gasteiger partial charge on any atom is -0.392 e. The maximum atomic E-state index is 14.7. The van der Waals surface area contributed by atoms with E-state index >= 15 is 0 Å². The van der Waals surface area contributed by atoms with Crippen molar-refractivity contribution in [2.45, 2.75) is 31.8 Å². The number of alkyl halides is 6. The molecule has 0 fully saturated rings. The van der Waals surface area contributed by atoms with Crippen molar-refractivity contribution in [3.63, 3.8) is 0 Å². The zero-order valence-corrected chi connectivity index (χ0v) is 17.0. The van der Waals surface area contributed by atoms with Crippen LogP contribution in [0.3, 0.4) is 0 Å². The number of benzene rings is 2. The van der Waals surface area contributed by atoms with Crippen LogP contribution in [0.25, 0.3) is 5.83 Å². The second-order valence-corrected chi connectivity index (χ2v) is 7.27. The van der Waals surface area contributed by atoms with E-state index in [-0.39, 0.29) is 27.8 Å². The molecule has 0 heterocycles. The van der Waals surface area contributed by atoms with E-state index in [4.69, 9.17) is 23.2 Å². The van der Waals surface area contributed by atoms with E-state index in [1.54, 1.807) is 0 Å². The molecule has 2 nitrogen and oxygen atoms in total. The summed E-state index contributed by atoms with van der Waals surface area (Å²) >= 11 is 11.6. The number of aliphatic hydroxyl groups excluding tert-OH is 1. The SMILES string of the molecule is CC(=O)c1ccc(/C(F)=C/C(c2cc(Cl)c(Cl)c(CO)c2)C(F)(F)F)cc1C(F)(F)F. The molecule has 1 N–H and O–H groups in total. The van der Waals surface area contributed by atoms with Gasteiger partial charge in [-0.2, -0.15) is 26.3 Å². The van der Waals surface area contributed by atoms with Crippen LogP contribution in [0.1, 0.15) is 45.5 Å². The molecule has 0 bridgehead atoms. The number of carbonyl (C=O) groups is 1. The number of allylic oxidation sites excluding steroid dienone is 1. The summed E-state index contributed by atoms with van der Waals surface area (Å²) in [5.41, 5.74) is -3.72. The lowest BCUT2D eigenvalue weighted by Crippen LogP contribution is -2.19. The minimum atomic E-state index is -5.05. The third-order valence-electron chi connectivity index (χ3n) is 4.30. The Balaban J connectivity index is 2.64. The number of halogens is 9. The van der Waals surface area contributed by atoms with Gasteiger partial charge in [0.2, 0.25) is 0 Å². The van der Waals surface area contributed by atoms with Crippen molar-refractivity contribution >= 4 is 34.8 Å². The van der Waals surface area contributed by atoms with Crippen LogP contribution in [0, 0.1) is 0 Å². The summed E-state index contributed by atoms with van der Waals surface area (Å²) in [6.07, 6.45) is -9.99. The highest BCUT2D eigenvalue weighted by molar-refractivity contribution is 6.42. The monoisotopic (exact) mass is 488 g/mol. The highest BCUT2D eigenvalue weighted by Gasteiger charge is 2.41. The predicted molar refractivity (Wildman–Crippen MR) is 102 cm³/mol. The van der Waals surface area contributed by atoms with Crippen molar-refractivity contribution in [2.24, 2.45) is 0 Å². The molecule has 0 spiro atoms. The summed E-state index contributed by atoms with van der Waals surface area (Å²) in [5.74, 6) is -5.14. The van der Waals surface area contributed by atoms with Gasteiger partial charge in [-0.15, -0.1) is 0 Å². The summed E-state index contributed by atoms with van der Waals surface area (Å²) in [6, 6.07) is 3.43. The molecule has 0 saturated heterocycles. The molecular formula is C20H13Cl2F7O2. The van der Waals surface area contributed by atoms with Crippen LogP contribution in [0.4, 0.5) is 30.7 Å². The lowest BCUT2D eigenvalue weighted by Gasteiger charge is -2.20.